The van der Waals surface area contributed by atoms with Gasteiger partial charge in [-0.1, -0.05) is 0 Å². The fraction of sp³-hybridized carbons (Fsp3) is 0.0833. The van der Waals surface area contributed by atoms with Gasteiger partial charge in [0, 0.05) is 0 Å². The van der Waals surface area contributed by atoms with E-state index in [0.29, 0.717) is 11.3 Å². The Morgan fingerprint density at radius 3 is 2.81 bits per heavy atom. The second-order valence-corrected chi connectivity index (χ2v) is 4.39. The van der Waals surface area contributed by atoms with E-state index < -0.39 is 0 Å². The van der Waals surface area contributed by atoms with Crippen LogP contribution in [0.5, 0.6) is 0 Å². The standard InChI is InChI=1S/C12H11N3S/c1-8-4-5-16-12(8)15-11-6-9(7-13)2-3-10(11)14/h2-6,15H,14H2,1H3. The number of hydrogen-bond donors (Lipinski definition) is 2. The Morgan fingerprint density at radius 1 is 1.38 bits per heavy atom. The molecule has 0 amide bonds. The minimum Gasteiger partial charge on any atom is -0.397 e. The first-order valence-corrected chi connectivity index (χ1v) is 5.69. The van der Waals surface area contributed by atoms with Gasteiger partial charge in [0.05, 0.1) is 28.0 Å². The maximum absolute atomic E-state index is 8.82. The van der Waals surface area contributed by atoms with Crippen molar-refractivity contribution in [1.29, 1.82) is 5.26 Å². The number of nitrogens with one attached hydrogen (secondary N) is 1. The van der Waals surface area contributed by atoms with Crippen LogP contribution in [0.25, 0.3) is 0 Å². The summed E-state index contributed by atoms with van der Waals surface area (Å²) in [5.41, 5.74) is 9.05. The molecule has 16 heavy (non-hydrogen) atoms. The third-order valence-electron chi connectivity index (χ3n) is 2.29. The van der Waals surface area contributed by atoms with Crippen molar-refractivity contribution in [3.63, 3.8) is 0 Å². The molecule has 0 aliphatic rings. The van der Waals surface area contributed by atoms with Gasteiger partial charge >= 0.3 is 0 Å². The Balaban J connectivity index is 2.35. The van der Waals surface area contributed by atoms with Gasteiger partial charge in [-0.3, -0.25) is 0 Å². The number of hydrogen-bond acceptors (Lipinski definition) is 4. The Morgan fingerprint density at radius 2 is 2.19 bits per heavy atom. The monoisotopic (exact) mass is 229 g/mol. The van der Waals surface area contributed by atoms with Crippen molar-refractivity contribution in [3.05, 3.63) is 40.8 Å². The molecule has 1 aromatic carbocycles. The van der Waals surface area contributed by atoms with Gasteiger partial charge in [-0.15, -0.1) is 11.3 Å². The SMILES string of the molecule is Cc1ccsc1Nc1cc(C#N)ccc1N. The molecule has 0 saturated carbocycles. The van der Waals surface area contributed by atoms with E-state index in [1.807, 2.05) is 18.4 Å². The lowest BCUT2D eigenvalue weighted by atomic mass is 10.2. The fourth-order valence-electron chi connectivity index (χ4n) is 1.36. The van der Waals surface area contributed by atoms with Crippen LogP contribution < -0.4 is 11.1 Å². The summed E-state index contributed by atoms with van der Waals surface area (Å²) in [6.45, 7) is 2.03. The van der Waals surface area contributed by atoms with Crippen LogP contribution in [0.2, 0.25) is 0 Å². The van der Waals surface area contributed by atoms with Crippen molar-refractivity contribution >= 4 is 27.7 Å². The van der Waals surface area contributed by atoms with E-state index in [-0.39, 0.29) is 0 Å². The van der Waals surface area contributed by atoms with Crippen LogP contribution in [0.15, 0.2) is 29.6 Å². The van der Waals surface area contributed by atoms with Crippen molar-refractivity contribution in [2.75, 3.05) is 11.1 Å². The maximum atomic E-state index is 8.82. The second kappa shape index (κ2) is 4.25. The zero-order valence-corrected chi connectivity index (χ0v) is 9.64. The Kier molecular flexibility index (Phi) is 2.80. The molecule has 0 fully saturated rings. The number of anilines is 3. The summed E-state index contributed by atoms with van der Waals surface area (Å²) in [5.74, 6) is 0. The van der Waals surface area contributed by atoms with E-state index in [2.05, 4.69) is 11.4 Å². The first-order chi connectivity index (χ1) is 7.70. The molecule has 0 bridgehead atoms. The molecule has 0 aliphatic heterocycles. The van der Waals surface area contributed by atoms with Gasteiger partial charge in [-0.05, 0) is 42.1 Å². The normalized spacial score (nSPS) is 9.75. The second-order valence-electron chi connectivity index (χ2n) is 3.47. The fourth-order valence-corrected chi connectivity index (χ4v) is 2.19. The molecule has 0 unspecified atom stereocenters. The van der Waals surface area contributed by atoms with E-state index in [4.69, 9.17) is 11.0 Å². The summed E-state index contributed by atoms with van der Waals surface area (Å²) in [6, 6.07) is 9.34. The van der Waals surface area contributed by atoms with Crippen LogP contribution in [-0.2, 0) is 0 Å². The summed E-state index contributed by atoms with van der Waals surface area (Å²) >= 11 is 1.62. The topological polar surface area (TPSA) is 61.8 Å². The molecule has 0 atom stereocenters. The number of thiophene rings is 1. The van der Waals surface area contributed by atoms with Crippen molar-refractivity contribution in [3.8, 4) is 6.07 Å². The highest BCUT2D eigenvalue weighted by molar-refractivity contribution is 7.14. The van der Waals surface area contributed by atoms with E-state index in [9.17, 15) is 0 Å². The van der Waals surface area contributed by atoms with Crippen molar-refractivity contribution in [1.82, 2.24) is 0 Å². The molecular weight excluding hydrogens is 218 g/mol. The van der Waals surface area contributed by atoms with Crippen molar-refractivity contribution in [2.24, 2.45) is 0 Å². The molecule has 0 radical (unpaired) electrons. The number of nitrogens with zero attached hydrogens (tertiary/aromatic N) is 1. The number of nitrogens with two attached hydrogens (primary N) is 1. The predicted molar refractivity (Wildman–Crippen MR) is 67.9 cm³/mol. The highest BCUT2D eigenvalue weighted by Crippen LogP contribution is 2.29. The van der Waals surface area contributed by atoms with Gasteiger partial charge in [0.1, 0.15) is 0 Å². The molecule has 1 aromatic heterocycles. The summed E-state index contributed by atoms with van der Waals surface area (Å²) < 4.78 is 0. The minimum atomic E-state index is 0.603. The van der Waals surface area contributed by atoms with Crippen LogP contribution >= 0.6 is 11.3 Å². The Labute approximate surface area is 98.1 Å². The Bertz CT molecular complexity index is 552. The van der Waals surface area contributed by atoms with Crippen LogP contribution in [0.3, 0.4) is 0 Å². The van der Waals surface area contributed by atoms with Gasteiger partial charge in [0.15, 0.2) is 0 Å². The number of nitriles is 1. The summed E-state index contributed by atoms with van der Waals surface area (Å²) in [6.07, 6.45) is 0. The highest BCUT2D eigenvalue weighted by atomic mass is 32.1. The first-order valence-electron chi connectivity index (χ1n) is 4.81. The zero-order valence-electron chi connectivity index (χ0n) is 8.82. The molecule has 2 aromatic rings. The van der Waals surface area contributed by atoms with E-state index >= 15 is 0 Å². The first kappa shape index (κ1) is 10.5. The van der Waals surface area contributed by atoms with Gasteiger partial charge < -0.3 is 11.1 Å². The number of nitrogen functional groups attached to an aromatic ring is 1. The molecule has 80 valence electrons. The molecule has 3 nitrogen and oxygen atoms in total. The van der Waals surface area contributed by atoms with Gasteiger partial charge in [0.25, 0.3) is 0 Å². The van der Waals surface area contributed by atoms with E-state index in [1.165, 1.54) is 5.56 Å². The third-order valence-corrected chi connectivity index (χ3v) is 3.22. The van der Waals surface area contributed by atoms with Crippen molar-refractivity contribution < 1.29 is 0 Å². The maximum Gasteiger partial charge on any atom is 0.0992 e. The molecule has 0 spiro atoms. The van der Waals surface area contributed by atoms with Gasteiger partial charge in [-0.25, -0.2) is 0 Å². The summed E-state index contributed by atoms with van der Waals surface area (Å²) in [5, 5.41) is 15.1. The predicted octanol–water partition coefficient (Wildman–Crippen LogP) is 3.25. The quantitative estimate of drug-likeness (QED) is 0.777. The smallest absolute Gasteiger partial charge is 0.0992 e. The lowest BCUT2D eigenvalue weighted by Gasteiger charge is -2.08. The largest absolute Gasteiger partial charge is 0.397 e. The molecule has 2 rings (SSSR count). The average molecular weight is 229 g/mol. The van der Waals surface area contributed by atoms with Crippen LogP contribution in [-0.4, -0.2) is 0 Å². The summed E-state index contributed by atoms with van der Waals surface area (Å²) in [7, 11) is 0. The lowest BCUT2D eigenvalue weighted by Crippen LogP contribution is -1.96. The third kappa shape index (κ3) is 2.00. The van der Waals surface area contributed by atoms with Gasteiger partial charge in [-0.2, -0.15) is 5.26 Å². The Hall–Kier alpha value is -1.99. The minimum absolute atomic E-state index is 0.603. The van der Waals surface area contributed by atoms with E-state index in [0.717, 1.165) is 10.7 Å². The molecule has 0 saturated heterocycles. The summed E-state index contributed by atoms with van der Waals surface area (Å²) in [4.78, 5) is 0. The highest BCUT2D eigenvalue weighted by Gasteiger charge is 2.04. The lowest BCUT2D eigenvalue weighted by molar-refractivity contribution is 1.47. The number of rotatable bonds is 2. The van der Waals surface area contributed by atoms with Crippen LogP contribution in [0.1, 0.15) is 11.1 Å². The molecule has 3 N–H and O–H groups in total. The molecule has 4 heteroatoms. The number of aryl methyl sites for hydroxylation is 1. The van der Waals surface area contributed by atoms with E-state index in [1.54, 1.807) is 29.5 Å². The molecule has 0 aliphatic carbocycles. The molecule has 1 heterocycles. The van der Waals surface area contributed by atoms with Crippen LogP contribution in [0.4, 0.5) is 16.4 Å². The van der Waals surface area contributed by atoms with Crippen LogP contribution in [0, 0.1) is 18.3 Å². The van der Waals surface area contributed by atoms with Crippen molar-refractivity contribution in [2.45, 2.75) is 6.92 Å². The number of benzene rings is 1. The average Bonchev–Trinajstić information content (AvgIpc) is 2.68. The molecular formula is C12H11N3S. The van der Waals surface area contributed by atoms with Gasteiger partial charge in [0.2, 0.25) is 0 Å². The zero-order chi connectivity index (χ0) is 11.5.